The number of aliphatic hydroxyl groups excluding tert-OH is 1. The van der Waals surface area contributed by atoms with Crippen LogP contribution in [0.25, 0.3) is 0 Å². The number of amides is 1. The second kappa shape index (κ2) is 75.9. The molecule has 3 atom stereocenters. The third kappa shape index (κ3) is 78.1. The van der Waals surface area contributed by atoms with Crippen LogP contribution in [0.1, 0.15) is 450 Å². The Kier molecular flexibility index (Phi) is 74.9. The maximum absolute atomic E-state index is 13.1. The monoisotopic (exact) mass is 1340 g/mol. The number of rotatable bonds is 80. The number of hydrogen-bond acceptors (Lipinski definition) is 5. The van der Waals surface area contributed by atoms with E-state index in [9.17, 15) is 19.4 Å². The topological polar surface area (TPSA) is 105 Å². The van der Waals surface area contributed by atoms with Crippen molar-refractivity contribution >= 4 is 13.7 Å². The number of nitrogens with zero attached hydrogens (tertiary/aromatic N) is 1. The predicted molar refractivity (Wildman–Crippen MR) is 415 cm³/mol. The lowest BCUT2D eigenvalue weighted by Crippen LogP contribution is -2.45. The summed E-state index contributed by atoms with van der Waals surface area (Å²) in [5, 5.41) is 14.0. The van der Waals surface area contributed by atoms with Gasteiger partial charge < -0.3 is 19.8 Å². The van der Waals surface area contributed by atoms with Crippen LogP contribution in [0.2, 0.25) is 0 Å². The highest BCUT2D eigenvalue weighted by Gasteiger charge is 2.28. The molecule has 0 aromatic carbocycles. The Bertz CT molecular complexity index is 1630. The number of aliphatic hydroxyl groups is 1. The van der Waals surface area contributed by atoms with Crippen molar-refractivity contribution in [1.29, 1.82) is 0 Å². The van der Waals surface area contributed by atoms with Gasteiger partial charge in [-0.15, -0.1) is 0 Å². The molecular formula is C85H168N2O6P+. The first-order valence-corrected chi connectivity index (χ1v) is 43.9. The van der Waals surface area contributed by atoms with Crippen LogP contribution in [0.5, 0.6) is 0 Å². The molecule has 0 aliphatic heterocycles. The van der Waals surface area contributed by atoms with Crippen molar-refractivity contribution in [2.24, 2.45) is 0 Å². The number of carbonyl (C=O) groups is 1. The van der Waals surface area contributed by atoms with Gasteiger partial charge in [-0.05, 0) is 44.9 Å². The minimum atomic E-state index is -4.37. The van der Waals surface area contributed by atoms with Gasteiger partial charge in [-0.25, -0.2) is 4.57 Å². The minimum Gasteiger partial charge on any atom is -0.387 e. The largest absolute Gasteiger partial charge is 0.472 e. The fourth-order valence-electron chi connectivity index (χ4n) is 13.3. The Hall–Kier alpha value is -1.28. The summed E-state index contributed by atoms with van der Waals surface area (Å²) in [6.07, 6.45) is 104. The van der Waals surface area contributed by atoms with E-state index in [0.29, 0.717) is 17.4 Å². The number of quaternary nitrogens is 1. The van der Waals surface area contributed by atoms with Crippen molar-refractivity contribution < 1.29 is 32.9 Å². The smallest absolute Gasteiger partial charge is 0.387 e. The van der Waals surface area contributed by atoms with Gasteiger partial charge in [0.1, 0.15) is 13.2 Å². The van der Waals surface area contributed by atoms with Gasteiger partial charge in [0.15, 0.2) is 0 Å². The molecule has 0 fully saturated rings. The molecule has 3 N–H and O–H groups in total. The zero-order chi connectivity index (χ0) is 68.3. The number of phosphoric ester groups is 1. The summed E-state index contributed by atoms with van der Waals surface area (Å²) in [4.78, 5) is 23.5. The van der Waals surface area contributed by atoms with E-state index in [1.165, 1.54) is 385 Å². The molecule has 0 radical (unpaired) electrons. The molecule has 0 aliphatic rings. The average molecular weight is 1350 g/mol. The molecule has 0 spiro atoms. The van der Waals surface area contributed by atoms with Crippen LogP contribution in [0.4, 0.5) is 0 Å². The van der Waals surface area contributed by atoms with Crippen molar-refractivity contribution in [2.45, 2.75) is 463 Å². The molecular weight excluding hydrogens is 1180 g/mol. The summed E-state index contributed by atoms with van der Waals surface area (Å²) < 4.78 is 23.9. The lowest BCUT2D eigenvalue weighted by molar-refractivity contribution is -0.870. The van der Waals surface area contributed by atoms with Crippen molar-refractivity contribution in [3.63, 3.8) is 0 Å². The Balaban J connectivity index is 3.94. The van der Waals surface area contributed by atoms with E-state index in [-0.39, 0.29) is 19.1 Å². The summed E-state index contributed by atoms with van der Waals surface area (Å²) in [5.74, 6) is -0.181. The lowest BCUT2D eigenvalue weighted by Gasteiger charge is -2.25. The van der Waals surface area contributed by atoms with E-state index < -0.39 is 20.0 Å². The second-order valence-electron chi connectivity index (χ2n) is 30.6. The zero-order valence-corrected chi connectivity index (χ0v) is 65.1. The fraction of sp³-hybridized carbons (Fsp3) is 0.918. The second-order valence-corrected chi connectivity index (χ2v) is 32.0. The predicted octanol–water partition coefficient (Wildman–Crippen LogP) is 27.9. The van der Waals surface area contributed by atoms with Gasteiger partial charge in [0.25, 0.3) is 0 Å². The van der Waals surface area contributed by atoms with Gasteiger partial charge in [-0.1, -0.05) is 436 Å². The third-order valence-electron chi connectivity index (χ3n) is 19.8. The van der Waals surface area contributed by atoms with Crippen molar-refractivity contribution in [3.05, 3.63) is 36.5 Å². The van der Waals surface area contributed by atoms with E-state index in [4.69, 9.17) is 9.05 Å². The summed E-state index contributed by atoms with van der Waals surface area (Å²) in [7, 11) is 1.57. The van der Waals surface area contributed by atoms with Crippen LogP contribution in [-0.2, 0) is 18.4 Å². The first-order valence-electron chi connectivity index (χ1n) is 42.4. The van der Waals surface area contributed by atoms with Crippen molar-refractivity contribution in [2.75, 3.05) is 40.9 Å². The van der Waals surface area contributed by atoms with Gasteiger partial charge in [0, 0.05) is 6.42 Å². The van der Waals surface area contributed by atoms with Crippen LogP contribution < -0.4 is 5.32 Å². The van der Waals surface area contributed by atoms with Crippen LogP contribution in [-0.4, -0.2) is 73.4 Å². The molecule has 0 aliphatic carbocycles. The number of hydrogen-bond donors (Lipinski definition) is 3. The molecule has 0 bridgehead atoms. The van der Waals surface area contributed by atoms with Crippen molar-refractivity contribution in [3.8, 4) is 0 Å². The molecule has 94 heavy (non-hydrogen) atoms. The van der Waals surface area contributed by atoms with E-state index in [0.717, 1.165) is 44.9 Å². The van der Waals surface area contributed by atoms with E-state index >= 15 is 0 Å². The van der Waals surface area contributed by atoms with Gasteiger partial charge >= 0.3 is 7.82 Å². The van der Waals surface area contributed by atoms with Gasteiger partial charge in [0.05, 0.1) is 39.9 Å². The number of unbranched alkanes of at least 4 members (excludes halogenated alkanes) is 63. The first kappa shape index (κ1) is 92.7. The molecule has 9 heteroatoms. The standard InChI is InChI=1S/C85H167N2O6P/c1-6-8-10-12-14-16-18-20-22-24-26-28-30-32-34-36-38-40-41-42-43-44-45-46-47-49-51-53-55-57-59-61-63-65-67-69-71-73-75-77-79-85(89)86-83(82-93-94(90,91)92-81-80-87(3,4)5)84(88)78-76-74-72-70-68-66-64-62-60-58-56-54-52-50-48-39-37-35-33-31-29-27-25-23-21-19-17-15-13-11-9-7-2/h60,62,68,70,76,78,83-84,88H,6-59,61,63-67,69,71-75,77,79-82H2,1-5H3,(H-,86,89,90,91)/p+1/b62-60+,70-68+,78-76+. The summed E-state index contributed by atoms with van der Waals surface area (Å²) in [6, 6.07) is -0.871. The highest BCUT2D eigenvalue weighted by Crippen LogP contribution is 2.43. The minimum absolute atomic E-state index is 0.0556. The molecule has 0 saturated carbocycles. The maximum atomic E-state index is 13.1. The lowest BCUT2D eigenvalue weighted by atomic mass is 10.0. The Morgan fingerprint density at radius 1 is 0.351 bits per heavy atom. The summed E-state index contributed by atoms with van der Waals surface area (Å²) in [5.41, 5.74) is 0. The SMILES string of the molecule is CCCCCCCCCCCCCCCCCCCCCCCC/C=C/CC/C=C/CC/C=C/C(O)C(COP(=O)(O)OCC[N+](C)(C)C)NC(=O)CCCCCCCCCCCCCCCCCCCCCCCCCCCCCCCCCCCCCCCCCC. The highest BCUT2D eigenvalue weighted by atomic mass is 31.2. The number of likely N-dealkylation sites (N-methyl/N-ethyl adjacent to an activating group) is 1. The molecule has 0 rings (SSSR count). The van der Waals surface area contributed by atoms with Gasteiger partial charge in [-0.3, -0.25) is 13.8 Å². The fourth-order valence-corrected chi connectivity index (χ4v) is 14.1. The van der Waals surface area contributed by atoms with E-state index in [1.54, 1.807) is 6.08 Å². The average Bonchev–Trinajstić information content (AvgIpc) is 1.27. The Morgan fingerprint density at radius 3 is 0.851 bits per heavy atom. The molecule has 0 aromatic rings. The molecule has 0 aromatic heterocycles. The number of carbonyl (C=O) groups excluding carboxylic acids is 1. The van der Waals surface area contributed by atoms with Gasteiger partial charge in [0.2, 0.25) is 5.91 Å². The zero-order valence-electron chi connectivity index (χ0n) is 64.2. The van der Waals surface area contributed by atoms with Crippen LogP contribution in [0, 0.1) is 0 Å². The highest BCUT2D eigenvalue weighted by molar-refractivity contribution is 7.47. The van der Waals surface area contributed by atoms with E-state index in [1.807, 2.05) is 27.2 Å². The summed E-state index contributed by atoms with van der Waals surface area (Å²) >= 11 is 0. The number of allylic oxidation sites excluding steroid dienone is 5. The van der Waals surface area contributed by atoms with Gasteiger partial charge in [-0.2, -0.15) is 0 Å². The molecule has 0 saturated heterocycles. The molecule has 3 unspecified atom stereocenters. The molecule has 558 valence electrons. The van der Waals surface area contributed by atoms with Crippen LogP contribution >= 0.6 is 7.82 Å². The van der Waals surface area contributed by atoms with E-state index in [2.05, 4.69) is 43.5 Å². The normalized spacial score (nSPS) is 13.6. The third-order valence-corrected chi connectivity index (χ3v) is 20.8. The Labute approximate surface area is 588 Å². The number of phosphoric acid groups is 1. The van der Waals surface area contributed by atoms with Crippen LogP contribution in [0.15, 0.2) is 36.5 Å². The molecule has 8 nitrogen and oxygen atoms in total. The van der Waals surface area contributed by atoms with Crippen LogP contribution in [0.3, 0.4) is 0 Å². The van der Waals surface area contributed by atoms with Crippen molar-refractivity contribution in [1.82, 2.24) is 5.32 Å². The quantitative estimate of drug-likeness (QED) is 0.0243. The number of nitrogens with one attached hydrogen (secondary N) is 1. The first-order chi connectivity index (χ1) is 46.0. The Morgan fingerprint density at radius 2 is 0.585 bits per heavy atom. The maximum Gasteiger partial charge on any atom is 0.472 e. The molecule has 1 amide bonds. The molecule has 0 heterocycles. The summed E-state index contributed by atoms with van der Waals surface area (Å²) in [6.45, 7) is 4.86.